The third-order valence-electron chi connectivity index (χ3n) is 4.89. The minimum atomic E-state index is -0.125. The molecule has 0 fully saturated rings. The van der Waals surface area contributed by atoms with Gasteiger partial charge in [0.05, 0.1) is 10.6 Å². The molecule has 0 spiro atoms. The van der Waals surface area contributed by atoms with Crippen LogP contribution in [-0.4, -0.2) is 32.2 Å². The highest BCUT2D eigenvalue weighted by atomic mass is 35.5. The van der Waals surface area contributed by atoms with E-state index in [9.17, 15) is 0 Å². The molecular weight excluding hydrogens is 404 g/mol. The van der Waals surface area contributed by atoms with Crippen LogP contribution in [0.3, 0.4) is 0 Å². The SMILES string of the molecule is Cc1c(C#CCCCO)sc2c1C(c1ccc(Cl)cc1)=N[C@@H](C)c1nnc(C)n1-2. The number of unbranched alkanes of at least 4 members (excludes halogenated alkanes) is 1. The quantitative estimate of drug-likeness (QED) is 0.492. The number of aliphatic hydroxyl groups excluding tert-OH is 1. The second kappa shape index (κ2) is 8.11. The fourth-order valence-corrected chi connectivity index (χ4v) is 4.77. The number of fused-ring (bicyclic) bond motifs is 3. The number of hydrogen-bond acceptors (Lipinski definition) is 5. The Bertz CT molecular complexity index is 1150. The van der Waals surface area contributed by atoms with Crippen LogP contribution < -0.4 is 0 Å². The van der Waals surface area contributed by atoms with Crippen LogP contribution in [0.5, 0.6) is 0 Å². The third-order valence-corrected chi connectivity index (χ3v) is 6.34. The topological polar surface area (TPSA) is 63.3 Å². The first kappa shape index (κ1) is 19.8. The molecule has 0 unspecified atom stereocenters. The Balaban J connectivity index is 1.94. The van der Waals surface area contributed by atoms with Crippen LogP contribution in [0.25, 0.3) is 5.00 Å². The highest BCUT2D eigenvalue weighted by molar-refractivity contribution is 7.15. The lowest BCUT2D eigenvalue weighted by molar-refractivity contribution is 0.290. The molecule has 4 rings (SSSR count). The summed E-state index contributed by atoms with van der Waals surface area (Å²) in [7, 11) is 0. The van der Waals surface area contributed by atoms with Gasteiger partial charge in [-0.2, -0.15) is 0 Å². The van der Waals surface area contributed by atoms with Crippen molar-refractivity contribution in [1.82, 2.24) is 14.8 Å². The van der Waals surface area contributed by atoms with Gasteiger partial charge in [-0.25, -0.2) is 0 Å². The maximum Gasteiger partial charge on any atom is 0.162 e. The summed E-state index contributed by atoms with van der Waals surface area (Å²) in [5, 5.41) is 19.4. The minimum absolute atomic E-state index is 0.125. The van der Waals surface area contributed by atoms with Crippen molar-refractivity contribution in [2.75, 3.05) is 6.61 Å². The van der Waals surface area contributed by atoms with E-state index in [-0.39, 0.29) is 12.6 Å². The van der Waals surface area contributed by atoms with Gasteiger partial charge in [-0.1, -0.05) is 35.6 Å². The van der Waals surface area contributed by atoms with Gasteiger partial charge in [0.1, 0.15) is 16.9 Å². The average Bonchev–Trinajstić information content (AvgIpc) is 3.20. The molecule has 0 bridgehead atoms. The third kappa shape index (κ3) is 3.62. The predicted octanol–water partition coefficient (Wildman–Crippen LogP) is 4.64. The maximum atomic E-state index is 9.00. The van der Waals surface area contributed by atoms with Crippen molar-refractivity contribution in [3.63, 3.8) is 0 Å². The van der Waals surface area contributed by atoms with Crippen molar-refractivity contribution in [3.8, 4) is 16.8 Å². The summed E-state index contributed by atoms with van der Waals surface area (Å²) < 4.78 is 2.10. The lowest BCUT2D eigenvalue weighted by atomic mass is 9.99. The summed E-state index contributed by atoms with van der Waals surface area (Å²) in [4.78, 5) is 6.03. The predicted molar refractivity (Wildman–Crippen MR) is 117 cm³/mol. The second-order valence-electron chi connectivity index (χ2n) is 6.97. The summed E-state index contributed by atoms with van der Waals surface area (Å²) in [6.45, 7) is 6.24. The number of nitrogens with zero attached hydrogens (tertiary/aromatic N) is 4. The van der Waals surface area contributed by atoms with Gasteiger partial charge in [0.15, 0.2) is 5.82 Å². The van der Waals surface area contributed by atoms with Crippen LogP contribution in [0, 0.1) is 25.7 Å². The smallest absolute Gasteiger partial charge is 0.162 e. The number of aromatic nitrogens is 3. The number of aliphatic hydroxyl groups is 1. The molecule has 1 N–H and O–H groups in total. The summed E-state index contributed by atoms with van der Waals surface area (Å²) in [5.74, 6) is 8.12. The number of aryl methyl sites for hydroxylation is 1. The molecular formula is C22H21ClN4OS. The van der Waals surface area contributed by atoms with Gasteiger partial charge in [-0.05, 0) is 44.9 Å². The molecule has 0 saturated carbocycles. The van der Waals surface area contributed by atoms with Crippen LogP contribution in [0.15, 0.2) is 29.3 Å². The van der Waals surface area contributed by atoms with E-state index in [0.717, 1.165) is 43.9 Å². The van der Waals surface area contributed by atoms with Crippen LogP contribution in [0.4, 0.5) is 0 Å². The standard InChI is InChI=1S/C22H21ClN4OS/c1-13-18(7-5-4-6-12-28)29-22-19(13)20(16-8-10-17(23)11-9-16)24-14(2)21-26-25-15(3)27(21)22/h8-11,14,28H,4,6,12H2,1-3H3/t14-/m0/s1. The monoisotopic (exact) mass is 424 g/mol. The Hall–Kier alpha value is -2.46. The Labute approximate surface area is 179 Å². The number of rotatable bonds is 3. The molecule has 0 aliphatic carbocycles. The Kier molecular flexibility index (Phi) is 5.55. The van der Waals surface area contributed by atoms with E-state index in [1.807, 2.05) is 38.1 Å². The molecule has 0 saturated heterocycles. The zero-order chi connectivity index (χ0) is 20.5. The molecule has 1 aliphatic rings. The maximum absolute atomic E-state index is 9.00. The van der Waals surface area contributed by atoms with Crippen LogP contribution in [0.1, 0.15) is 59.0 Å². The molecule has 7 heteroatoms. The summed E-state index contributed by atoms with van der Waals surface area (Å²) >= 11 is 7.75. The number of hydrogen-bond donors (Lipinski definition) is 1. The summed E-state index contributed by atoms with van der Waals surface area (Å²) in [6.07, 6.45) is 1.35. The molecule has 0 radical (unpaired) electrons. The van der Waals surface area contributed by atoms with Crippen LogP contribution >= 0.6 is 22.9 Å². The molecule has 1 aromatic carbocycles. The lowest BCUT2D eigenvalue weighted by Crippen LogP contribution is -2.07. The van der Waals surface area contributed by atoms with Gasteiger partial charge in [0.2, 0.25) is 0 Å². The summed E-state index contributed by atoms with van der Waals surface area (Å²) in [5.41, 5.74) is 4.10. The molecule has 148 valence electrons. The van der Waals surface area contributed by atoms with Crippen molar-refractivity contribution in [3.05, 3.63) is 62.5 Å². The molecule has 3 heterocycles. The Morgan fingerprint density at radius 2 is 1.97 bits per heavy atom. The van der Waals surface area contributed by atoms with Gasteiger partial charge in [0.25, 0.3) is 0 Å². The largest absolute Gasteiger partial charge is 0.396 e. The van der Waals surface area contributed by atoms with Crippen LogP contribution in [-0.2, 0) is 0 Å². The highest BCUT2D eigenvalue weighted by Gasteiger charge is 2.29. The number of thiophene rings is 1. The van der Waals surface area contributed by atoms with E-state index in [1.54, 1.807) is 11.3 Å². The van der Waals surface area contributed by atoms with Crippen molar-refractivity contribution >= 4 is 28.6 Å². The number of halogens is 1. The van der Waals surface area contributed by atoms with Gasteiger partial charge in [-0.15, -0.1) is 21.5 Å². The minimum Gasteiger partial charge on any atom is -0.396 e. The van der Waals surface area contributed by atoms with Crippen molar-refractivity contribution < 1.29 is 5.11 Å². The average molecular weight is 425 g/mol. The van der Waals surface area contributed by atoms with Crippen LogP contribution in [0.2, 0.25) is 5.02 Å². The van der Waals surface area contributed by atoms with Gasteiger partial charge >= 0.3 is 0 Å². The molecule has 1 atom stereocenters. The zero-order valence-corrected chi connectivity index (χ0v) is 18.1. The molecule has 0 amide bonds. The van der Waals surface area contributed by atoms with Gasteiger partial charge in [0, 0.05) is 29.2 Å². The van der Waals surface area contributed by atoms with E-state index >= 15 is 0 Å². The first-order chi connectivity index (χ1) is 14.0. The lowest BCUT2D eigenvalue weighted by Gasteiger charge is -2.09. The molecule has 3 aromatic rings. The molecule has 5 nitrogen and oxygen atoms in total. The Morgan fingerprint density at radius 1 is 1.21 bits per heavy atom. The fourth-order valence-electron chi connectivity index (χ4n) is 3.41. The zero-order valence-electron chi connectivity index (χ0n) is 16.5. The van der Waals surface area contributed by atoms with Gasteiger partial charge < -0.3 is 5.11 Å². The van der Waals surface area contributed by atoms with Crippen molar-refractivity contribution in [2.45, 2.75) is 39.7 Å². The van der Waals surface area contributed by atoms with Crippen molar-refractivity contribution in [2.24, 2.45) is 4.99 Å². The first-order valence-electron chi connectivity index (χ1n) is 9.50. The highest BCUT2D eigenvalue weighted by Crippen LogP contribution is 2.38. The van der Waals surface area contributed by atoms with Gasteiger partial charge in [-0.3, -0.25) is 9.56 Å². The fraction of sp³-hybridized carbons (Fsp3) is 0.318. The number of benzene rings is 1. The molecule has 2 aromatic heterocycles. The Morgan fingerprint density at radius 3 is 2.69 bits per heavy atom. The van der Waals surface area contributed by atoms with E-state index < -0.39 is 0 Å². The molecule has 29 heavy (non-hydrogen) atoms. The number of aliphatic imine (C=N–C) groups is 1. The first-order valence-corrected chi connectivity index (χ1v) is 10.7. The van der Waals surface area contributed by atoms with Crippen molar-refractivity contribution in [1.29, 1.82) is 0 Å². The second-order valence-corrected chi connectivity index (χ2v) is 8.40. The van der Waals surface area contributed by atoms with E-state index in [2.05, 4.69) is 33.5 Å². The van der Waals surface area contributed by atoms with E-state index in [0.29, 0.717) is 17.9 Å². The van der Waals surface area contributed by atoms with E-state index in [1.165, 1.54) is 0 Å². The molecule has 1 aliphatic heterocycles. The van der Waals surface area contributed by atoms with E-state index in [4.69, 9.17) is 21.7 Å². The summed E-state index contributed by atoms with van der Waals surface area (Å²) in [6, 6.07) is 7.65. The normalized spacial score (nSPS) is 15.1.